The first-order chi connectivity index (χ1) is 5.08. The summed E-state index contributed by atoms with van der Waals surface area (Å²) in [5, 5.41) is 4.72. The third kappa shape index (κ3) is 5.19. The van der Waals surface area contributed by atoms with E-state index in [9.17, 15) is 8.42 Å². The molecule has 1 saturated carbocycles. The fourth-order valence-electron chi connectivity index (χ4n) is 1.35. The van der Waals surface area contributed by atoms with E-state index in [1.807, 2.05) is 0 Å². The normalized spacial score (nSPS) is 20.1. The monoisotopic (exact) mass is 243 g/mol. The summed E-state index contributed by atoms with van der Waals surface area (Å²) in [6, 6.07) is 0. The number of hydrogen-bond acceptors (Lipinski definition) is 3. The standard InChI is InChI=1S/C6H13NO3S.Zn/c7-11(8,9)10-6-4-2-1-3-5-6;/h6H,1-5H2,(H2,7,8,9);. The van der Waals surface area contributed by atoms with Gasteiger partial charge in [0.1, 0.15) is 0 Å². The van der Waals surface area contributed by atoms with Gasteiger partial charge in [0, 0.05) is 19.5 Å². The molecular formula is C6H13NO3SZn. The Morgan fingerprint density at radius 3 is 2.08 bits per heavy atom. The zero-order chi connectivity index (χ0) is 8.32. The Morgan fingerprint density at radius 1 is 1.17 bits per heavy atom. The maximum atomic E-state index is 10.5. The van der Waals surface area contributed by atoms with Crippen molar-refractivity contribution in [1.82, 2.24) is 0 Å². The second kappa shape index (κ2) is 5.27. The summed E-state index contributed by atoms with van der Waals surface area (Å²) in [7, 11) is -3.72. The SMILES string of the molecule is NS(=O)(=O)OC1CCCCC1.[Zn]. The molecule has 0 radical (unpaired) electrons. The predicted molar refractivity (Wildman–Crippen MR) is 41.1 cm³/mol. The van der Waals surface area contributed by atoms with E-state index in [4.69, 9.17) is 5.14 Å². The van der Waals surface area contributed by atoms with E-state index in [0.717, 1.165) is 25.7 Å². The van der Waals surface area contributed by atoms with Gasteiger partial charge in [-0.3, -0.25) is 4.18 Å². The molecule has 0 amide bonds. The number of nitrogens with two attached hydrogens (primary N) is 1. The van der Waals surface area contributed by atoms with Crippen molar-refractivity contribution in [3.8, 4) is 0 Å². The molecule has 0 aromatic heterocycles. The van der Waals surface area contributed by atoms with Gasteiger partial charge in [0.2, 0.25) is 0 Å². The zero-order valence-corrected chi connectivity index (χ0v) is 10.8. The molecule has 0 heterocycles. The Bertz CT molecular complexity index is 211. The fraction of sp³-hybridized carbons (Fsp3) is 1.00. The van der Waals surface area contributed by atoms with Gasteiger partial charge in [0.05, 0.1) is 6.10 Å². The van der Waals surface area contributed by atoms with Gasteiger partial charge in [-0.15, -0.1) is 0 Å². The van der Waals surface area contributed by atoms with E-state index in [-0.39, 0.29) is 25.6 Å². The van der Waals surface area contributed by atoms with E-state index in [1.165, 1.54) is 6.42 Å². The summed E-state index contributed by atoms with van der Waals surface area (Å²) in [6.07, 6.45) is 4.72. The van der Waals surface area contributed by atoms with Gasteiger partial charge < -0.3 is 0 Å². The summed E-state index contributed by atoms with van der Waals surface area (Å²) in [5.41, 5.74) is 0. The fourth-order valence-corrected chi connectivity index (χ4v) is 1.92. The van der Waals surface area contributed by atoms with Crippen LogP contribution in [0.3, 0.4) is 0 Å². The van der Waals surface area contributed by atoms with Gasteiger partial charge in [-0.1, -0.05) is 19.3 Å². The second-order valence-electron chi connectivity index (χ2n) is 2.85. The Kier molecular flexibility index (Phi) is 5.49. The van der Waals surface area contributed by atoms with E-state index in [2.05, 4.69) is 4.18 Å². The Balaban J connectivity index is 0.00000121. The van der Waals surface area contributed by atoms with Crippen LogP contribution < -0.4 is 5.14 Å². The minimum atomic E-state index is -3.72. The van der Waals surface area contributed by atoms with Crippen molar-refractivity contribution in [2.75, 3.05) is 0 Å². The largest absolute Gasteiger partial charge is 0.333 e. The molecule has 0 atom stereocenters. The van der Waals surface area contributed by atoms with Gasteiger partial charge >= 0.3 is 10.3 Å². The Hall–Kier alpha value is 0.493. The maximum Gasteiger partial charge on any atom is 0.333 e. The van der Waals surface area contributed by atoms with Crippen molar-refractivity contribution in [2.24, 2.45) is 5.14 Å². The molecule has 0 unspecified atom stereocenters. The molecule has 6 heteroatoms. The number of rotatable bonds is 2. The number of hydrogen-bond donors (Lipinski definition) is 1. The van der Waals surface area contributed by atoms with Crippen LogP contribution in [0.25, 0.3) is 0 Å². The van der Waals surface area contributed by atoms with Gasteiger partial charge in [0.15, 0.2) is 0 Å². The van der Waals surface area contributed by atoms with Crippen molar-refractivity contribution in [1.29, 1.82) is 0 Å². The van der Waals surface area contributed by atoms with E-state index < -0.39 is 10.3 Å². The molecule has 1 fully saturated rings. The predicted octanol–water partition coefficient (Wildman–Crippen LogP) is 0.537. The molecule has 0 aromatic carbocycles. The third-order valence-electron chi connectivity index (χ3n) is 1.82. The van der Waals surface area contributed by atoms with Crippen LogP contribution in [0.15, 0.2) is 0 Å². The van der Waals surface area contributed by atoms with Gasteiger partial charge in [-0.05, 0) is 12.8 Å². The van der Waals surface area contributed by atoms with Crippen LogP contribution in [0.4, 0.5) is 0 Å². The average molecular weight is 245 g/mol. The van der Waals surface area contributed by atoms with Crippen molar-refractivity contribution in [2.45, 2.75) is 38.2 Å². The molecular weight excluding hydrogens is 232 g/mol. The van der Waals surface area contributed by atoms with E-state index >= 15 is 0 Å². The van der Waals surface area contributed by atoms with Crippen molar-refractivity contribution >= 4 is 10.3 Å². The van der Waals surface area contributed by atoms with Crippen LogP contribution in [0.2, 0.25) is 0 Å². The molecule has 0 bridgehead atoms. The topological polar surface area (TPSA) is 69.4 Å². The van der Waals surface area contributed by atoms with Crippen molar-refractivity contribution in [3.63, 3.8) is 0 Å². The van der Waals surface area contributed by atoms with E-state index in [1.54, 1.807) is 0 Å². The molecule has 1 aliphatic rings. The molecule has 68 valence electrons. The molecule has 1 aliphatic carbocycles. The maximum absolute atomic E-state index is 10.5. The van der Waals surface area contributed by atoms with E-state index in [0.29, 0.717) is 0 Å². The first-order valence-electron chi connectivity index (χ1n) is 3.79. The zero-order valence-electron chi connectivity index (χ0n) is 7.03. The molecule has 4 nitrogen and oxygen atoms in total. The van der Waals surface area contributed by atoms with Gasteiger partial charge in [0.25, 0.3) is 0 Å². The minimum Gasteiger partial charge on any atom is -0.255 e. The third-order valence-corrected chi connectivity index (χ3v) is 2.36. The summed E-state index contributed by atoms with van der Waals surface area (Å²) in [4.78, 5) is 0. The smallest absolute Gasteiger partial charge is 0.255 e. The first-order valence-corrected chi connectivity index (χ1v) is 5.26. The van der Waals surface area contributed by atoms with Crippen LogP contribution >= 0.6 is 0 Å². The summed E-state index contributed by atoms with van der Waals surface area (Å²) >= 11 is 0. The summed E-state index contributed by atoms with van der Waals surface area (Å²) in [5.74, 6) is 0. The molecule has 0 aliphatic heterocycles. The molecule has 0 spiro atoms. The summed E-state index contributed by atoms with van der Waals surface area (Å²) in [6.45, 7) is 0. The van der Waals surface area contributed by atoms with Crippen LogP contribution in [0.5, 0.6) is 0 Å². The van der Waals surface area contributed by atoms with Crippen molar-refractivity contribution < 1.29 is 32.1 Å². The van der Waals surface area contributed by atoms with Crippen molar-refractivity contribution in [3.05, 3.63) is 0 Å². The van der Waals surface area contributed by atoms with Gasteiger partial charge in [-0.2, -0.15) is 8.42 Å². The Labute approximate surface area is 85.9 Å². The molecule has 0 aromatic rings. The van der Waals surface area contributed by atoms with Crippen LogP contribution in [-0.2, 0) is 34.0 Å². The van der Waals surface area contributed by atoms with Crippen LogP contribution in [0.1, 0.15) is 32.1 Å². The molecule has 1 rings (SSSR count). The average Bonchev–Trinajstić information content (AvgIpc) is 1.85. The molecule has 12 heavy (non-hydrogen) atoms. The molecule has 2 N–H and O–H groups in total. The Morgan fingerprint density at radius 2 is 1.67 bits per heavy atom. The van der Waals surface area contributed by atoms with Crippen LogP contribution in [-0.4, -0.2) is 14.5 Å². The van der Waals surface area contributed by atoms with Crippen LogP contribution in [0, 0.1) is 0 Å². The first kappa shape index (κ1) is 12.5. The molecule has 0 saturated heterocycles. The summed E-state index contributed by atoms with van der Waals surface area (Å²) < 4.78 is 25.5. The minimum absolute atomic E-state index is 0. The quantitative estimate of drug-likeness (QED) is 0.721. The second-order valence-corrected chi connectivity index (χ2v) is 4.03. The van der Waals surface area contributed by atoms with Gasteiger partial charge in [-0.25, -0.2) is 5.14 Å².